The summed E-state index contributed by atoms with van der Waals surface area (Å²) in [5.41, 5.74) is 3.52. The Balaban J connectivity index is 1.91. The first kappa shape index (κ1) is 12.8. The molecule has 21 heavy (non-hydrogen) atoms. The highest BCUT2D eigenvalue weighted by Crippen LogP contribution is 2.54. The van der Waals surface area contributed by atoms with E-state index >= 15 is 0 Å². The lowest BCUT2D eigenvalue weighted by Gasteiger charge is -2.36. The quantitative estimate of drug-likeness (QED) is 0.801. The maximum Gasteiger partial charge on any atom is 0.139 e. The molecule has 2 unspecified atom stereocenters. The number of carbonyl (C=O) groups excluding carboxylic acids is 1. The van der Waals surface area contributed by atoms with Gasteiger partial charge < -0.3 is 4.74 Å². The summed E-state index contributed by atoms with van der Waals surface area (Å²) >= 11 is 0. The molecule has 0 saturated heterocycles. The van der Waals surface area contributed by atoms with Gasteiger partial charge in [0.15, 0.2) is 0 Å². The Kier molecular flexibility index (Phi) is 2.62. The van der Waals surface area contributed by atoms with Crippen molar-refractivity contribution >= 4 is 16.7 Å². The SMILES string of the molecule is COc1ccc2c3c(cnc2c1)C1CCC(=O)C1(C)CC3. The van der Waals surface area contributed by atoms with Gasteiger partial charge in [-0.15, -0.1) is 0 Å². The van der Waals surface area contributed by atoms with Gasteiger partial charge in [0.05, 0.1) is 12.6 Å². The molecule has 1 aromatic heterocycles. The number of fused-ring (bicyclic) bond motifs is 5. The number of rotatable bonds is 1. The summed E-state index contributed by atoms with van der Waals surface area (Å²) in [6, 6.07) is 6.10. The van der Waals surface area contributed by atoms with Gasteiger partial charge in [-0.2, -0.15) is 0 Å². The Morgan fingerprint density at radius 2 is 2.19 bits per heavy atom. The largest absolute Gasteiger partial charge is 0.497 e. The fourth-order valence-electron chi connectivity index (χ4n) is 4.22. The molecular formula is C18H19NO2. The molecule has 0 spiro atoms. The molecular weight excluding hydrogens is 262 g/mol. The Bertz CT molecular complexity index is 752. The highest BCUT2D eigenvalue weighted by molar-refractivity contribution is 5.90. The van der Waals surface area contributed by atoms with Gasteiger partial charge in [0.25, 0.3) is 0 Å². The van der Waals surface area contributed by atoms with Crippen LogP contribution in [0.4, 0.5) is 0 Å². The number of hydrogen-bond donors (Lipinski definition) is 0. The molecule has 2 aliphatic rings. The maximum absolute atomic E-state index is 12.3. The lowest BCUT2D eigenvalue weighted by Crippen LogP contribution is -2.32. The Hall–Kier alpha value is -1.90. The normalized spacial score (nSPS) is 27.5. The lowest BCUT2D eigenvalue weighted by atomic mass is 9.66. The minimum Gasteiger partial charge on any atom is -0.497 e. The number of ketones is 1. The van der Waals surface area contributed by atoms with E-state index in [4.69, 9.17) is 4.74 Å². The van der Waals surface area contributed by atoms with Crippen molar-refractivity contribution in [1.29, 1.82) is 0 Å². The predicted molar refractivity (Wildman–Crippen MR) is 81.7 cm³/mol. The molecule has 0 bridgehead atoms. The van der Waals surface area contributed by atoms with Crippen molar-refractivity contribution < 1.29 is 9.53 Å². The number of nitrogens with zero attached hydrogens (tertiary/aromatic N) is 1. The number of benzene rings is 1. The van der Waals surface area contributed by atoms with E-state index in [1.165, 1.54) is 16.5 Å². The second-order valence-corrected chi connectivity index (χ2v) is 6.51. The molecule has 2 atom stereocenters. The third-order valence-corrected chi connectivity index (χ3v) is 5.56. The topological polar surface area (TPSA) is 39.2 Å². The monoisotopic (exact) mass is 281 g/mol. The fraction of sp³-hybridized carbons (Fsp3) is 0.444. The van der Waals surface area contributed by atoms with E-state index in [2.05, 4.69) is 18.0 Å². The molecule has 2 aliphatic carbocycles. The van der Waals surface area contributed by atoms with E-state index in [-0.39, 0.29) is 5.41 Å². The average molecular weight is 281 g/mol. The summed E-state index contributed by atoms with van der Waals surface area (Å²) in [4.78, 5) is 16.9. The summed E-state index contributed by atoms with van der Waals surface area (Å²) < 4.78 is 5.28. The first-order chi connectivity index (χ1) is 10.1. The van der Waals surface area contributed by atoms with E-state index in [0.29, 0.717) is 11.7 Å². The molecule has 3 nitrogen and oxygen atoms in total. The van der Waals surface area contributed by atoms with Crippen molar-refractivity contribution in [1.82, 2.24) is 4.98 Å². The van der Waals surface area contributed by atoms with Crippen LogP contribution in [0.3, 0.4) is 0 Å². The second-order valence-electron chi connectivity index (χ2n) is 6.51. The van der Waals surface area contributed by atoms with Crippen molar-refractivity contribution in [3.63, 3.8) is 0 Å². The molecule has 1 fully saturated rings. The summed E-state index contributed by atoms with van der Waals surface area (Å²) in [6.07, 6.45) is 5.64. The second kappa shape index (κ2) is 4.30. The van der Waals surface area contributed by atoms with E-state index in [1.807, 2.05) is 18.3 Å². The van der Waals surface area contributed by atoms with E-state index < -0.39 is 0 Å². The van der Waals surface area contributed by atoms with Crippen LogP contribution in [-0.4, -0.2) is 17.9 Å². The van der Waals surface area contributed by atoms with Crippen LogP contribution < -0.4 is 4.74 Å². The number of hydrogen-bond acceptors (Lipinski definition) is 3. The van der Waals surface area contributed by atoms with E-state index in [0.717, 1.165) is 36.9 Å². The first-order valence-corrected chi connectivity index (χ1v) is 7.62. The first-order valence-electron chi connectivity index (χ1n) is 7.62. The van der Waals surface area contributed by atoms with Gasteiger partial charge in [-0.1, -0.05) is 6.92 Å². The highest BCUT2D eigenvalue weighted by Gasteiger charge is 2.49. The highest BCUT2D eigenvalue weighted by atomic mass is 16.5. The minimum atomic E-state index is -0.158. The molecule has 0 radical (unpaired) electrons. The Labute approximate surface area is 124 Å². The van der Waals surface area contributed by atoms with Gasteiger partial charge in [0.1, 0.15) is 11.5 Å². The number of ether oxygens (including phenoxy) is 1. The van der Waals surface area contributed by atoms with Crippen LogP contribution in [0.15, 0.2) is 24.4 Å². The van der Waals surface area contributed by atoms with Gasteiger partial charge >= 0.3 is 0 Å². The molecule has 1 aromatic carbocycles. The minimum absolute atomic E-state index is 0.158. The van der Waals surface area contributed by atoms with Crippen LogP contribution in [-0.2, 0) is 11.2 Å². The molecule has 0 N–H and O–H groups in total. The smallest absolute Gasteiger partial charge is 0.139 e. The third-order valence-electron chi connectivity index (χ3n) is 5.56. The summed E-state index contributed by atoms with van der Waals surface area (Å²) in [5.74, 6) is 1.63. The van der Waals surface area contributed by atoms with Gasteiger partial charge in [0, 0.05) is 29.5 Å². The third kappa shape index (κ3) is 1.66. The average Bonchev–Trinajstić information content (AvgIpc) is 2.82. The summed E-state index contributed by atoms with van der Waals surface area (Å²) in [5, 5.41) is 1.22. The number of pyridine rings is 1. The number of carbonyl (C=O) groups is 1. The molecule has 4 rings (SSSR count). The van der Waals surface area contributed by atoms with Crippen LogP contribution in [0.25, 0.3) is 10.9 Å². The van der Waals surface area contributed by atoms with Crippen molar-refractivity contribution in [3.05, 3.63) is 35.5 Å². The number of aromatic nitrogens is 1. The number of aryl methyl sites for hydroxylation is 1. The fourth-order valence-corrected chi connectivity index (χ4v) is 4.22. The Morgan fingerprint density at radius 1 is 1.33 bits per heavy atom. The van der Waals surface area contributed by atoms with Crippen molar-refractivity contribution in [2.45, 2.75) is 38.5 Å². The molecule has 108 valence electrons. The lowest BCUT2D eigenvalue weighted by molar-refractivity contribution is -0.126. The Morgan fingerprint density at radius 3 is 3.00 bits per heavy atom. The van der Waals surface area contributed by atoms with E-state index in [1.54, 1.807) is 7.11 Å². The summed E-state index contributed by atoms with van der Waals surface area (Å²) in [7, 11) is 1.68. The standard InChI is InChI=1S/C18H19NO2/c1-18-8-7-12-13-4-3-11(21-2)9-16(13)19-10-14(12)15(18)5-6-17(18)20/h3-4,9-10,15H,5-8H2,1-2H3. The molecule has 3 heteroatoms. The zero-order chi connectivity index (χ0) is 14.6. The van der Waals surface area contributed by atoms with E-state index in [9.17, 15) is 4.79 Å². The van der Waals surface area contributed by atoms with Gasteiger partial charge in [-0.25, -0.2) is 0 Å². The molecule has 2 aromatic rings. The van der Waals surface area contributed by atoms with Crippen LogP contribution in [0.1, 0.15) is 43.2 Å². The van der Waals surface area contributed by atoms with Crippen LogP contribution >= 0.6 is 0 Å². The summed E-state index contributed by atoms with van der Waals surface area (Å²) in [6.45, 7) is 2.15. The molecule has 1 heterocycles. The van der Waals surface area contributed by atoms with Gasteiger partial charge in [-0.05, 0) is 48.4 Å². The van der Waals surface area contributed by atoms with Gasteiger partial charge in [-0.3, -0.25) is 9.78 Å². The van der Waals surface area contributed by atoms with Crippen LogP contribution in [0.2, 0.25) is 0 Å². The van der Waals surface area contributed by atoms with Gasteiger partial charge in [0.2, 0.25) is 0 Å². The molecule has 0 aliphatic heterocycles. The zero-order valence-electron chi connectivity index (χ0n) is 12.5. The number of methoxy groups -OCH3 is 1. The predicted octanol–water partition coefficient (Wildman–Crippen LogP) is 3.64. The number of Topliss-reactive ketones (excluding diaryl/α,β-unsaturated/α-hetero) is 1. The van der Waals surface area contributed by atoms with Crippen LogP contribution in [0.5, 0.6) is 5.75 Å². The van der Waals surface area contributed by atoms with Crippen molar-refractivity contribution in [2.75, 3.05) is 7.11 Å². The van der Waals surface area contributed by atoms with Crippen molar-refractivity contribution in [2.24, 2.45) is 5.41 Å². The molecule has 0 amide bonds. The maximum atomic E-state index is 12.3. The van der Waals surface area contributed by atoms with Crippen molar-refractivity contribution in [3.8, 4) is 5.75 Å². The molecule has 1 saturated carbocycles. The van der Waals surface area contributed by atoms with Crippen LogP contribution in [0, 0.1) is 5.41 Å². The zero-order valence-corrected chi connectivity index (χ0v) is 12.5.